The highest BCUT2D eigenvalue weighted by Crippen LogP contribution is 2.39. The van der Waals surface area contributed by atoms with E-state index in [4.69, 9.17) is 18.9 Å². The van der Waals surface area contributed by atoms with Gasteiger partial charge in [0.2, 0.25) is 0 Å². The van der Waals surface area contributed by atoms with Gasteiger partial charge < -0.3 is 75.1 Å². The lowest BCUT2D eigenvalue weighted by atomic mass is 9.75. The van der Waals surface area contributed by atoms with Crippen molar-refractivity contribution in [2.75, 3.05) is 26.4 Å². The Hall–Kier alpha value is -0.600. The Kier molecular flexibility index (Phi) is 8.65. The fourth-order valence-corrected chi connectivity index (χ4v) is 4.40. The van der Waals surface area contributed by atoms with Gasteiger partial charge in [-0.2, -0.15) is 0 Å². The fourth-order valence-electron chi connectivity index (χ4n) is 4.40. The van der Waals surface area contributed by atoms with E-state index in [9.17, 15) is 56.2 Å². The van der Waals surface area contributed by atoms with Gasteiger partial charge in [0.1, 0.15) is 73.2 Å². The van der Waals surface area contributed by atoms with E-state index in [1.54, 1.807) is 0 Å². The second-order valence-electron chi connectivity index (χ2n) is 8.46. The molecular weight excluding hydrogens is 456 g/mol. The van der Waals surface area contributed by atoms with Crippen molar-refractivity contribution in [2.24, 2.45) is 0 Å². The summed E-state index contributed by atoms with van der Waals surface area (Å²) in [6.45, 7) is -2.96. The van der Waals surface area contributed by atoms with Crippen LogP contribution in [0.25, 0.3) is 0 Å². The Morgan fingerprint density at radius 2 is 1.18 bits per heavy atom. The minimum absolute atomic E-state index is 0.581. The summed E-state index contributed by atoms with van der Waals surface area (Å²) in [5, 5.41) is 111. The molecule has 3 fully saturated rings. The molecule has 15 nitrogen and oxygen atoms in total. The molecule has 0 unspecified atom stereocenters. The zero-order chi connectivity index (χ0) is 24.7. The summed E-state index contributed by atoms with van der Waals surface area (Å²) in [4.78, 5) is 0. The Morgan fingerprint density at radius 1 is 0.667 bits per heavy atom. The molecule has 0 amide bonds. The van der Waals surface area contributed by atoms with Crippen LogP contribution >= 0.6 is 0 Å². The summed E-state index contributed by atoms with van der Waals surface area (Å²) in [6, 6.07) is 0. The Morgan fingerprint density at radius 3 is 1.73 bits per heavy atom. The van der Waals surface area contributed by atoms with Crippen LogP contribution in [0.2, 0.25) is 0 Å². The van der Waals surface area contributed by atoms with Crippen molar-refractivity contribution in [2.45, 2.75) is 85.1 Å². The molecule has 3 aliphatic heterocycles. The maximum atomic E-state index is 11.5. The van der Waals surface area contributed by atoms with Crippen LogP contribution in [0, 0.1) is 0 Å². The first-order chi connectivity index (χ1) is 15.5. The van der Waals surface area contributed by atoms with Crippen molar-refractivity contribution in [1.82, 2.24) is 0 Å². The lowest BCUT2D eigenvalue weighted by Crippen LogP contribution is -2.76. The zero-order valence-electron chi connectivity index (χ0n) is 17.4. The highest BCUT2D eigenvalue weighted by molar-refractivity contribution is 5.11. The van der Waals surface area contributed by atoms with E-state index < -0.39 is 112 Å². The van der Waals surface area contributed by atoms with Crippen LogP contribution in [0.15, 0.2) is 0 Å². The van der Waals surface area contributed by atoms with Crippen molar-refractivity contribution < 1.29 is 75.1 Å². The Labute approximate surface area is 187 Å². The van der Waals surface area contributed by atoms with Gasteiger partial charge >= 0.3 is 0 Å². The molecule has 11 N–H and O–H groups in total. The number of hydrogen-bond acceptors (Lipinski definition) is 15. The molecule has 3 aliphatic rings. The second kappa shape index (κ2) is 10.6. The molecule has 0 bridgehead atoms. The van der Waals surface area contributed by atoms with Gasteiger partial charge in [-0.05, 0) is 0 Å². The van der Waals surface area contributed by atoms with Crippen LogP contribution in [-0.4, -0.2) is 168 Å². The average Bonchev–Trinajstić information content (AvgIpc) is 2.81. The molecule has 0 saturated carbocycles. The minimum Gasteiger partial charge on any atom is -0.394 e. The van der Waals surface area contributed by atoms with E-state index >= 15 is 0 Å². The third kappa shape index (κ3) is 4.65. The van der Waals surface area contributed by atoms with Crippen LogP contribution < -0.4 is 0 Å². The lowest BCUT2D eigenvalue weighted by molar-refractivity contribution is -0.373. The monoisotopic (exact) mass is 488 g/mol. The molecule has 3 saturated heterocycles. The van der Waals surface area contributed by atoms with Crippen LogP contribution in [0.4, 0.5) is 0 Å². The first-order valence-electron chi connectivity index (χ1n) is 10.4. The minimum atomic E-state index is -2.68. The zero-order valence-corrected chi connectivity index (χ0v) is 17.4. The molecule has 0 radical (unpaired) electrons. The van der Waals surface area contributed by atoms with Crippen molar-refractivity contribution in [3.8, 4) is 0 Å². The smallest absolute Gasteiger partial charge is 0.187 e. The van der Waals surface area contributed by atoms with Crippen LogP contribution in [-0.2, 0) is 18.9 Å². The van der Waals surface area contributed by atoms with Crippen molar-refractivity contribution in [3.05, 3.63) is 0 Å². The topological polar surface area (TPSA) is 259 Å². The lowest BCUT2D eigenvalue weighted by Gasteiger charge is -2.54. The number of hydrogen-bond donors (Lipinski definition) is 11. The summed E-state index contributed by atoms with van der Waals surface area (Å²) in [6.07, 6.45) is -22.7. The second-order valence-corrected chi connectivity index (χ2v) is 8.46. The molecule has 0 aromatic carbocycles. The fraction of sp³-hybridized carbons (Fsp3) is 1.00. The number of aliphatic hydroxyl groups excluding tert-OH is 10. The van der Waals surface area contributed by atoms with Gasteiger partial charge in [-0.25, -0.2) is 0 Å². The average molecular weight is 488 g/mol. The van der Waals surface area contributed by atoms with Crippen LogP contribution in [0.5, 0.6) is 0 Å². The normalized spacial score (nSPS) is 53.7. The predicted octanol–water partition coefficient (Wildman–Crippen LogP) is -7.50. The first-order valence-corrected chi connectivity index (χ1v) is 10.4. The summed E-state index contributed by atoms with van der Waals surface area (Å²) >= 11 is 0. The highest BCUT2D eigenvalue weighted by atomic mass is 16.7. The summed E-state index contributed by atoms with van der Waals surface area (Å²) in [5.41, 5.74) is -2.68. The van der Waals surface area contributed by atoms with Gasteiger partial charge in [-0.1, -0.05) is 0 Å². The number of aliphatic hydroxyl groups is 11. The Balaban J connectivity index is 1.93. The summed E-state index contributed by atoms with van der Waals surface area (Å²) in [5.74, 6) is 0. The van der Waals surface area contributed by atoms with E-state index in [2.05, 4.69) is 0 Å². The molecule has 3 heterocycles. The molecule has 0 aromatic rings. The van der Waals surface area contributed by atoms with Crippen molar-refractivity contribution in [1.29, 1.82) is 0 Å². The molecule has 15 heteroatoms. The molecule has 194 valence electrons. The first kappa shape index (κ1) is 27.0. The van der Waals surface area contributed by atoms with E-state index in [1.807, 2.05) is 0 Å². The van der Waals surface area contributed by atoms with E-state index in [0.717, 1.165) is 0 Å². The molecule has 3 rings (SSSR count). The quantitative estimate of drug-likeness (QED) is 0.166. The van der Waals surface area contributed by atoms with Gasteiger partial charge in [-0.3, -0.25) is 0 Å². The molecule has 0 aliphatic carbocycles. The van der Waals surface area contributed by atoms with Gasteiger partial charge in [0.15, 0.2) is 11.9 Å². The van der Waals surface area contributed by atoms with E-state index in [1.165, 1.54) is 0 Å². The summed E-state index contributed by atoms with van der Waals surface area (Å²) in [7, 11) is 0. The third-order valence-electron chi connectivity index (χ3n) is 6.48. The molecule has 0 spiro atoms. The third-order valence-corrected chi connectivity index (χ3v) is 6.48. The summed E-state index contributed by atoms with van der Waals surface area (Å²) < 4.78 is 21.4. The molecule has 14 atom stereocenters. The van der Waals surface area contributed by atoms with Crippen LogP contribution in [0.3, 0.4) is 0 Å². The van der Waals surface area contributed by atoms with Gasteiger partial charge in [0.05, 0.1) is 26.4 Å². The van der Waals surface area contributed by atoms with Crippen molar-refractivity contribution >= 4 is 0 Å². The maximum absolute atomic E-state index is 11.5. The standard InChI is InChI=1S/C18H32O15/c19-1-5-9(22)11(24)13(26)16(31-5)18(29)8(4-30-7(3-21)15(18)28)33-17-14(27)12(25)10(23)6(2-20)32-17/h5-17,19-29H,1-4H2/t5-,6-,7-,8-,9-,10-,11+,12+,13+,14+,15-,16+,17-,18-/m1/s1. The van der Waals surface area contributed by atoms with Gasteiger partial charge in [0.25, 0.3) is 0 Å². The van der Waals surface area contributed by atoms with E-state index in [0.29, 0.717) is 0 Å². The molecule has 0 aromatic heterocycles. The largest absolute Gasteiger partial charge is 0.394 e. The molecule has 33 heavy (non-hydrogen) atoms. The maximum Gasteiger partial charge on any atom is 0.187 e. The van der Waals surface area contributed by atoms with Gasteiger partial charge in [0, 0.05) is 0 Å². The van der Waals surface area contributed by atoms with E-state index in [-0.39, 0.29) is 0 Å². The Bertz CT molecular complexity index is 636. The van der Waals surface area contributed by atoms with Crippen LogP contribution in [0.1, 0.15) is 0 Å². The van der Waals surface area contributed by atoms with Gasteiger partial charge in [-0.15, -0.1) is 0 Å². The number of rotatable bonds is 6. The molecular formula is C18H32O15. The highest BCUT2D eigenvalue weighted by Gasteiger charge is 2.63. The SMILES string of the molecule is OC[C@H]1O[C@H](O[C@@H]2CO[C@H](CO)[C@@H](O)[C@@]2(O)[C@H]2O[C@H](CO)[C@@H](O)[C@H](O)[C@@H]2O)[C@@H](O)[C@@H](O)[C@@H]1O. The van der Waals surface area contributed by atoms with Crippen molar-refractivity contribution in [3.63, 3.8) is 0 Å². The predicted molar refractivity (Wildman–Crippen MR) is 100 cm³/mol. The number of ether oxygens (including phenoxy) is 4.